The van der Waals surface area contributed by atoms with Gasteiger partial charge >= 0.3 is 0 Å². The summed E-state index contributed by atoms with van der Waals surface area (Å²) in [6.45, 7) is 3.43. The van der Waals surface area contributed by atoms with Crippen LogP contribution in [0.4, 0.5) is 0 Å². The highest BCUT2D eigenvalue weighted by Gasteiger charge is 2.18. The zero-order chi connectivity index (χ0) is 21.5. The topological polar surface area (TPSA) is 55.3 Å². The molecule has 0 N–H and O–H groups in total. The quantitative estimate of drug-likeness (QED) is 0.383. The fourth-order valence-corrected chi connectivity index (χ4v) is 3.77. The summed E-state index contributed by atoms with van der Waals surface area (Å²) in [6.07, 6.45) is 1.75. The van der Waals surface area contributed by atoms with Gasteiger partial charge in [0.05, 0.1) is 23.4 Å². The van der Waals surface area contributed by atoms with E-state index in [-0.39, 0.29) is 5.91 Å². The molecule has 0 saturated carbocycles. The van der Waals surface area contributed by atoms with E-state index in [0.29, 0.717) is 31.0 Å². The molecule has 0 fully saturated rings. The Labute approximate surface area is 186 Å². The van der Waals surface area contributed by atoms with Crippen molar-refractivity contribution in [2.24, 2.45) is 0 Å². The zero-order valence-corrected chi connectivity index (χ0v) is 18.1. The lowest BCUT2D eigenvalue weighted by atomic mass is 10.1. The molecular formula is C25H23N3O2S. The summed E-state index contributed by atoms with van der Waals surface area (Å²) in [7, 11) is 0. The Morgan fingerprint density at radius 1 is 0.935 bits per heavy atom. The Morgan fingerprint density at radius 2 is 1.74 bits per heavy atom. The summed E-state index contributed by atoms with van der Waals surface area (Å²) in [4.78, 5) is 23.8. The number of carbonyl (C=O) groups is 1. The van der Waals surface area contributed by atoms with Crippen molar-refractivity contribution in [3.05, 3.63) is 112 Å². The Hall–Kier alpha value is -3.51. The first-order chi connectivity index (χ1) is 15.2. The summed E-state index contributed by atoms with van der Waals surface area (Å²) in [6, 6.07) is 21.1. The van der Waals surface area contributed by atoms with Crippen LogP contribution >= 0.6 is 11.3 Å². The molecule has 6 heteroatoms. The van der Waals surface area contributed by atoms with Gasteiger partial charge in [-0.3, -0.25) is 9.78 Å². The van der Waals surface area contributed by atoms with Crippen molar-refractivity contribution in [1.29, 1.82) is 0 Å². The average molecular weight is 430 g/mol. The minimum Gasteiger partial charge on any atom is -0.487 e. The van der Waals surface area contributed by atoms with Gasteiger partial charge in [-0.25, -0.2) is 4.98 Å². The van der Waals surface area contributed by atoms with Crippen molar-refractivity contribution >= 4 is 17.2 Å². The van der Waals surface area contributed by atoms with Gasteiger partial charge in [0, 0.05) is 23.7 Å². The smallest absolute Gasteiger partial charge is 0.254 e. The van der Waals surface area contributed by atoms with Gasteiger partial charge in [-0.15, -0.1) is 11.3 Å². The van der Waals surface area contributed by atoms with Crippen molar-refractivity contribution in [3.8, 4) is 5.75 Å². The number of rotatable bonds is 8. The highest BCUT2D eigenvalue weighted by Crippen LogP contribution is 2.19. The van der Waals surface area contributed by atoms with E-state index in [1.54, 1.807) is 23.0 Å². The zero-order valence-electron chi connectivity index (χ0n) is 17.3. The van der Waals surface area contributed by atoms with E-state index in [1.807, 2.05) is 64.9 Å². The number of nitrogens with zero attached hydrogens (tertiary/aromatic N) is 3. The second-order valence-electron chi connectivity index (χ2n) is 7.20. The van der Waals surface area contributed by atoms with Gasteiger partial charge < -0.3 is 9.64 Å². The van der Waals surface area contributed by atoms with Crippen LogP contribution < -0.4 is 4.74 Å². The predicted octanol–water partition coefficient (Wildman–Crippen LogP) is 5.27. The number of ether oxygens (including phenoxy) is 1. The maximum atomic E-state index is 13.4. The van der Waals surface area contributed by atoms with Gasteiger partial charge in [-0.1, -0.05) is 30.3 Å². The molecule has 2 aromatic heterocycles. The summed E-state index contributed by atoms with van der Waals surface area (Å²) in [5.41, 5.74) is 6.43. The second kappa shape index (κ2) is 10.00. The molecule has 0 aliphatic heterocycles. The number of amides is 1. The number of aryl methyl sites for hydroxylation is 1. The van der Waals surface area contributed by atoms with E-state index in [4.69, 9.17) is 4.74 Å². The van der Waals surface area contributed by atoms with Crippen molar-refractivity contribution in [3.63, 3.8) is 0 Å². The van der Waals surface area contributed by atoms with Gasteiger partial charge in [0.1, 0.15) is 12.4 Å². The van der Waals surface area contributed by atoms with Gasteiger partial charge in [0.25, 0.3) is 5.91 Å². The monoisotopic (exact) mass is 429 g/mol. The molecule has 0 radical (unpaired) electrons. The molecule has 0 spiro atoms. The molecule has 0 aliphatic rings. The minimum absolute atomic E-state index is 0.0417. The van der Waals surface area contributed by atoms with Gasteiger partial charge in [-0.2, -0.15) is 0 Å². The maximum Gasteiger partial charge on any atom is 0.254 e. The van der Waals surface area contributed by atoms with E-state index < -0.39 is 0 Å². The predicted molar refractivity (Wildman–Crippen MR) is 122 cm³/mol. The van der Waals surface area contributed by atoms with Crippen LogP contribution in [0, 0.1) is 6.92 Å². The lowest BCUT2D eigenvalue weighted by Crippen LogP contribution is -2.30. The SMILES string of the molecule is Cc1ccccc1CN(Cc1ccccn1)C(=O)c1ccc(OCc2cscn2)cc1. The molecule has 2 heterocycles. The third-order valence-electron chi connectivity index (χ3n) is 4.96. The largest absolute Gasteiger partial charge is 0.487 e. The molecule has 0 bridgehead atoms. The Morgan fingerprint density at radius 3 is 2.45 bits per heavy atom. The third kappa shape index (κ3) is 5.55. The van der Waals surface area contributed by atoms with Crippen LogP contribution in [0.1, 0.15) is 32.9 Å². The lowest BCUT2D eigenvalue weighted by molar-refractivity contribution is 0.0727. The van der Waals surface area contributed by atoms with E-state index in [2.05, 4.69) is 29.0 Å². The Balaban J connectivity index is 1.51. The Bertz CT molecular complexity index is 1110. The number of benzene rings is 2. The van der Waals surface area contributed by atoms with Crippen LogP contribution in [-0.2, 0) is 19.7 Å². The van der Waals surface area contributed by atoms with Gasteiger partial charge in [0.15, 0.2) is 0 Å². The van der Waals surface area contributed by atoms with Crippen LogP contribution in [-0.4, -0.2) is 20.8 Å². The molecule has 0 aliphatic carbocycles. The molecule has 4 aromatic rings. The summed E-state index contributed by atoms with van der Waals surface area (Å²) in [5, 5.41) is 1.96. The van der Waals surface area contributed by atoms with E-state index in [0.717, 1.165) is 22.5 Å². The standard InChI is InChI=1S/C25H23N3O2S/c1-19-6-2-3-7-21(19)14-28(15-22-8-4-5-13-26-22)25(29)20-9-11-24(12-10-20)30-16-23-17-31-18-27-23/h2-13,17-18H,14-16H2,1H3. The molecule has 31 heavy (non-hydrogen) atoms. The molecule has 5 nitrogen and oxygen atoms in total. The van der Waals surface area contributed by atoms with Crippen molar-refractivity contribution in [1.82, 2.24) is 14.9 Å². The Kier molecular flexibility index (Phi) is 6.69. The number of pyridine rings is 1. The lowest BCUT2D eigenvalue weighted by Gasteiger charge is -2.23. The fourth-order valence-electron chi connectivity index (χ4n) is 3.22. The van der Waals surface area contributed by atoms with Crippen LogP contribution in [0.2, 0.25) is 0 Å². The van der Waals surface area contributed by atoms with Crippen LogP contribution in [0.15, 0.2) is 83.8 Å². The van der Waals surface area contributed by atoms with Crippen LogP contribution in [0.3, 0.4) is 0 Å². The van der Waals surface area contributed by atoms with Gasteiger partial charge in [-0.05, 0) is 54.4 Å². The minimum atomic E-state index is -0.0417. The normalized spacial score (nSPS) is 10.6. The molecule has 0 atom stereocenters. The molecule has 4 rings (SSSR count). The van der Waals surface area contributed by atoms with Crippen LogP contribution in [0.5, 0.6) is 5.75 Å². The molecule has 156 valence electrons. The number of hydrogen-bond donors (Lipinski definition) is 0. The highest BCUT2D eigenvalue weighted by molar-refractivity contribution is 7.07. The highest BCUT2D eigenvalue weighted by atomic mass is 32.1. The first-order valence-corrected chi connectivity index (χ1v) is 11.0. The molecule has 0 unspecified atom stereocenters. The van der Waals surface area contributed by atoms with E-state index >= 15 is 0 Å². The van der Waals surface area contributed by atoms with E-state index in [1.165, 1.54) is 0 Å². The molecule has 1 amide bonds. The van der Waals surface area contributed by atoms with Gasteiger partial charge in [0.2, 0.25) is 0 Å². The second-order valence-corrected chi connectivity index (χ2v) is 7.92. The maximum absolute atomic E-state index is 13.4. The van der Waals surface area contributed by atoms with E-state index in [9.17, 15) is 4.79 Å². The number of carbonyl (C=O) groups excluding carboxylic acids is 1. The molecule has 2 aromatic carbocycles. The summed E-state index contributed by atoms with van der Waals surface area (Å²) >= 11 is 1.54. The first-order valence-electron chi connectivity index (χ1n) is 10.0. The van der Waals surface area contributed by atoms with Crippen molar-refractivity contribution in [2.75, 3.05) is 0 Å². The van der Waals surface area contributed by atoms with Crippen molar-refractivity contribution in [2.45, 2.75) is 26.6 Å². The first kappa shape index (κ1) is 20.8. The summed E-state index contributed by atoms with van der Waals surface area (Å²) in [5.74, 6) is 0.666. The third-order valence-corrected chi connectivity index (χ3v) is 5.60. The number of thiazole rings is 1. The molecule has 0 saturated heterocycles. The number of hydrogen-bond acceptors (Lipinski definition) is 5. The molecular weight excluding hydrogens is 406 g/mol. The average Bonchev–Trinajstić information content (AvgIpc) is 3.33. The van der Waals surface area contributed by atoms with Crippen molar-refractivity contribution < 1.29 is 9.53 Å². The number of aromatic nitrogens is 2. The van der Waals surface area contributed by atoms with Crippen LogP contribution in [0.25, 0.3) is 0 Å². The fraction of sp³-hybridized carbons (Fsp3) is 0.160. The summed E-state index contributed by atoms with van der Waals surface area (Å²) < 4.78 is 5.76.